The van der Waals surface area contributed by atoms with Crippen molar-refractivity contribution in [2.24, 2.45) is 5.73 Å². The van der Waals surface area contributed by atoms with Crippen LogP contribution in [0, 0.1) is 0 Å². The quantitative estimate of drug-likeness (QED) is 0.417. The second kappa shape index (κ2) is 8.82. The zero-order chi connectivity index (χ0) is 21.8. The van der Waals surface area contributed by atoms with Crippen molar-refractivity contribution in [3.63, 3.8) is 0 Å². The lowest BCUT2D eigenvalue weighted by atomic mass is 10.1. The Labute approximate surface area is 171 Å². The number of carboxylic acids is 1. The highest BCUT2D eigenvalue weighted by Crippen LogP contribution is 2.23. The van der Waals surface area contributed by atoms with Gasteiger partial charge in [0.2, 0.25) is 5.89 Å². The highest BCUT2D eigenvalue weighted by Gasteiger charge is 2.35. The minimum atomic E-state index is -1.06. The first-order valence-electron chi connectivity index (χ1n) is 9.31. The summed E-state index contributed by atoms with van der Waals surface area (Å²) in [6.45, 7) is 3.66. The van der Waals surface area contributed by atoms with E-state index in [1.807, 2.05) is 0 Å². The summed E-state index contributed by atoms with van der Waals surface area (Å²) >= 11 is 0. The monoisotopic (exact) mass is 417 g/mol. The molecule has 1 aromatic heterocycles. The first-order chi connectivity index (χ1) is 14.3. The molecule has 160 valence electrons. The third-order valence-corrected chi connectivity index (χ3v) is 4.87. The van der Waals surface area contributed by atoms with Gasteiger partial charge in [0, 0.05) is 13.0 Å². The maximum Gasteiger partial charge on any atom is 0.326 e. The van der Waals surface area contributed by atoms with E-state index in [2.05, 4.69) is 22.0 Å². The lowest BCUT2D eigenvalue weighted by molar-refractivity contribution is -0.141. The largest absolute Gasteiger partial charge is 0.511 e. The molecule has 1 saturated heterocycles. The van der Waals surface area contributed by atoms with Crippen LogP contribution in [-0.2, 0) is 11.2 Å². The lowest BCUT2D eigenvalue weighted by Gasteiger charge is -2.24. The number of nitrogens with two attached hydrogens (primary N) is 1. The standard InChI is InChI=1S/C19H23N5O6/c1-10(25)15(20)16-22-17(30-23-16)13(9-11-4-6-12(26)7-5-11)21-19(29)24-8-2-3-14(24)18(27)28/h4-7,13-15,25-26H,1-3,8-9,20H2,(H,21,29)(H,27,28)/t13-,14-,15-/m0/s1. The number of aliphatic hydroxyl groups is 1. The number of aliphatic carboxylic acids is 1. The molecule has 0 aliphatic carbocycles. The van der Waals surface area contributed by atoms with Crippen LogP contribution in [0.3, 0.4) is 0 Å². The van der Waals surface area contributed by atoms with Crippen molar-refractivity contribution in [3.8, 4) is 5.75 Å². The van der Waals surface area contributed by atoms with E-state index in [1.54, 1.807) is 12.1 Å². The number of nitrogens with zero attached hydrogens (tertiary/aromatic N) is 3. The van der Waals surface area contributed by atoms with Crippen molar-refractivity contribution in [3.05, 3.63) is 53.9 Å². The van der Waals surface area contributed by atoms with E-state index in [9.17, 15) is 24.9 Å². The Hall–Kier alpha value is -3.60. The van der Waals surface area contributed by atoms with E-state index in [4.69, 9.17) is 10.3 Å². The Balaban J connectivity index is 1.84. The third kappa shape index (κ3) is 4.69. The SMILES string of the molecule is C=C(O)[C@H](N)c1noc([C@H](Cc2ccc(O)cc2)NC(=O)N2CCC[C@H]2C(=O)O)n1. The van der Waals surface area contributed by atoms with Gasteiger partial charge in [-0.25, -0.2) is 9.59 Å². The molecule has 0 saturated carbocycles. The predicted molar refractivity (Wildman–Crippen MR) is 103 cm³/mol. The predicted octanol–water partition coefficient (Wildman–Crippen LogP) is 1.39. The van der Waals surface area contributed by atoms with Gasteiger partial charge in [-0.2, -0.15) is 4.98 Å². The molecule has 1 aromatic carbocycles. The van der Waals surface area contributed by atoms with E-state index in [1.165, 1.54) is 17.0 Å². The van der Waals surface area contributed by atoms with Crippen molar-refractivity contribution >= 4 is 12.0 Å². The minimum absolute atomic E-state index is 0.00737. The second-order valence-corrected chi connectivity index (χ2v) is 7.02. The van der Waals surface area contributed by atoms with Gasteiger partial charge in [0.25, 0.3) is 0 Å². The van der Waals surface area contributed by atoms with Gasteiger partial charge < -0.3 is 35.8 Å². The number of phenols is 1. The first-order valence-corrected chi connectivity index (χ1v) is 9.31. The van der Waals surface area contributed by atoms with E-state index in [-0.39, 0.29) is 29.6 Å². The molecule has 1 aliphatic heterocycles. The summed E-state index contributed by atoms with van der Waals surface area (Å²) in [6.07, 6.45) is 1.20. The molecule has 3 atom stereocenters. The number of carbonyl (C=O) groups excluding carboxylic acids is 1. The third-order valence-electron chi connectivity index (χ3n) is 4.87. The minimum Gasteiger partial charge on any atom is -0.511 e. The maximum atomic E-state index is 12.8. The van der Waals surface area contributed by atoms with E-state index >= 15 is 0 Å². The molecule has 1 fully saturated rings. The molecule has 2 heterocycles. The molecule has 11 heteroatoms. The van der Waals surface area contributed by atoms with Gasteiger partial charge in [0.1, 0.15) is 29.6 Å². The second-order valence-electron chi connectivity index (χ2n) is 7.02. The molecule has 2 aromatic rings. The van der Waals surface area contributed by atoms with Gasteiger partial charge in [0.05, 0.1) is 0 Å². The summed E-state index contributed by atoms with van der Waals surface area (Å²) in [6, 6.07) is 3.02. The number of nitrogens with one attached hydrogen (secondary N) is 1. The van der Waals surface area contributed by atoms with Crippen LogP contribution in [0.2, 0.25) is 0 Å². The molecule has 0 radical (unpaired) electrons. The van der Waals surface area contributed by atoms with Crippen LogP contribution in [0.25, 0.3) is 0 Å². The Morgan fingerprint density at radius 1 is 1.33 bits per heavy atom. The van der Waals surface area contributed by atoms with Crippen LogP contribution in [0.15, 0.2) is 41.1 Å². The highest BCUT2D eigenvalue weighted by molar-refractivity contribution is 5.83. The van der Waals surface area contributed by atoms with Crippen LogP contribution in [-0.4, -0.2) is 54.9 Å². The van der Waals surface area contributed by atoms with Crippen LogP contribution < -0.4 is 11.1 Å². The number of carbonyl (C=O) groups is 2. The molecule has 1 aliphatic rings. The van der Waals surface area contributed by atoms with E-state index < -0.39 is 30.1 Å². The number of rotatable bonds is 7. The lowest BCUT2D eigenvalue weighted by Crippen LogP contribution is -2.47. The molecule has 11 nitrogen and oxygen atoms in total. The van der Waals surface area contributed by atoms with Gasteiger partial charge in [-0.15, -0.1) is 0 Å². The van der Waals surface area contributed by atoms with Crippen molar-refractivity contribution in [2.75, 3.05) is 6.54 Å². The highest BCUT2D eigenvalue weighted by atomic mass is 16.5. The van der Waals surface area contributed by atoms with Gasteiger partial charge in [-0.3, -0.25) is 0 Å². The van der Waals surface area contributed by atoms with Crippen LogP contribution >= 0.6 is 0 Å². The fraction of sp³-hybridized carbons (Fsp3) is 0.368. The van der Waals surface area contributed by atoms with Gasteiger partial charge >= 0.3 is 12.0 Å². The number of amides is 2. The number of urea groups is 1. The topological polar surface area (TPSA) is 175 Å². The fourth-order valence-corrected chi connectivity index (χ4v) is 3.23. The zero-order valence-corrected chi connectivity index (χ0v) is 16.1. The average molecular weight is 417 g/mol. The van der Waals surface area contributed by atoms with Gasteiger partial charge in [-0.1, -0.05) is 23.9 Å². The normalized spacial score (nSPS) is 18.0. The summed E-state index contributed by atoms with van der Waals surface area (Å²) in [5, 5.41) is 34.7. The van der Waals surface area contributed by atoms with Gasteiger partial charge in [0.15, 0.2) is 5.82 Å². The fourth-order valence-electron chi connectivity index (χ4n) is 3.23. The Morgan fingerprint density at radius 2 is 2.03 bits per heavy atom. The summed E-state index contributed by atoms with van der Waals surface area (Å²) in [4.78, 5) is 29.6. The molecule has 3 rings (SSSR count). The summed E-state index contributed by atoms with van der Waals surface area (Å²) in [5.74, 6) is -1.29. The van der Waals surface area contributed by atoms with E-state index in [0.29, 0.717) is 19.4 Å². The molecular formula is C19H23N5O6. The number of likely N-dealkylation sites (tertiary alicyclic amines) is 1. The van der Waals surface area contributed by atoms with Crippen molar-refractivity contribution in [2.45, 2.75) is 37.4 Å². The number of aromatic hydroxyl groups is 1. The Kier molecular flexibility index (Phi) is 6.21. The first kappa shape index (κ1) is 21.1. The number of phenolic OH excluding ortho intramolecular Hbond substituents is 1. The zero-order valence-electron chi connectivity index (χ0n) is 16.1. The van der Waals surface area contributed by atoms with Crippen molar-refractivity contribution in [1.82, 2.24) is 20.4 Å². The van der Waals surface area contributed by atoms with E-state index in [0.717, 1.165) is 5.56 Å². The number of hydrogen-bond acceptors (Lipinski definition) is 8. The van der Waals surface area contributed by atoms with Gasteiger partial charge in [-0.05, 0) is 30.5 Å². The van der Waals surface area contributed by atoms with Crippen molar-refractivity contribution in [1.29, 1.82) is 0 Å². The molecular weight excluding hydrogens is 394 g/mol. The van der Waals surface area contributed by atoms with Crippen LogP contribution in [0.4, 0.5) is 4.79 Å². The number of carboxylic acid groups (broad SMARTS) is 1. The molecule has 0 unspecified atom stereocenters. The Morgan fingerprint density at radius 3 is 2.67 bits per heavy atom. The number of benzene rings is 1. The maximum absolute atomic E-state index is 12.8. The van der Waals surface area contributed by atoms with Crippen molar-refractivity contribution < 1.29 is 29.4 Å². The summed E-state index contributed by atoms with van der Waals surface area (Å²) < 4.78 is 5.24. The van der Waals surface area contributed by atoms with Crippen LogP contribution in [0.5, 0.6) is 5.75 Å². The Bertz CT molecular complexity index is 928. The molecule has 0 bridgehead atoms. The smallest absolute Gasteiger partial charge is 0.326 e. The summed E-state index contributed by atoms with van der Waals surface area (Å²) in [7, 11) is 0. The van der Waals surface area contributed by atoms with Crippen LogP contribution in [0.1, 0.15) is 42.2 Å². The molecule has 30 heavy (non-hydrogen) atoms. The number of hydrogen-bond donors (Lipinski definition) is 5. The average Bonchev–Trinajstić information content (AvgIpc) is 3.38. The number of aliphatic hydroxyl groups excluding tert-OH is 1. The summed E-state index contributed by atoms with van der Waals surface area (Å²) in [5.41, 5.74) is 6.50. The molecule has 2 amide bonds. The molecule has 6 N–H and O–H groups in total. The number of aromatic nitrogens is 2. The molecule has 0 spiro atoms.